The van der Waals surface area contributed by atoms with Gasteiger partial charge in [0.25, 0.3) is 5.56 Å². The van der Waals surface area contributed by atoms with Crippen molar-refractivity contribution in [3.8, 4) is 17.6 Å². The van der Waals surface area contributed by atoms with Crippen LogP contribution in [0.15, 0.2) is 40.1 Å². The predicted molar refractivity (Wildman–Crippen MR) is 94.9 cm³/mol. The van der Waals surface area contributed by atoms with Crippen LogP contribution in [0.3, 0.4) is 0 Å². The topological polar surface area (TPSA) is 56.5 Å². The summed E-state index contributed by atoms with van der Waals surface area (Å²) in [5, 5.41) is 0.647. The summed E-state index contributed by atoms with van der Waals surface area (Å²) in [7, 11) is 4.80. The van der Waals surface area contributed by atoms with E-state index in [0.717, 1.165) is 4.57 Å². The number of halogens is 1. The Balaban J connectivity index is 1.97. The zero-order chi connectivity index (χ0) is 17.7. The van der Waals surface area contributed by atoms with Gasteiger partial charge in [-0.15, -0.1) is 0 Å². The molecule has 126 valence electrons. The van der Waals surface area contributed by atoms with Gasteiger partial charge in [-0.2, -0.15) is 0 Å². The maximum absolute atomic E-state index is 12.1. The predicted octanol–water partition coefficient (Wildman–Crippen LogP) is 1.26. The SMILES string of the molecule is CN(CC#CCOc1ccc(Cl)cc1)c1cn(C)c(=O)n(C)c1=O. The number of aryl methyl sites for hydroxylation is 1. The maximum atomic E-state index is 12.1. The molecule has 2 rings (SSSR count). The van der Waals surface area contributed by atoms with Gasteiger partial charge in [0.05, 0.1) is 6.54 Å². The van der Waals surface area contributed by atoms with Gasteiger partial charge < -0.3 is 14.2 Å². The third kappa shape index (κ3) is 4.21. The van der Waals surface area contributed by atoms with Crippen molar-refractivity contribution in [2.45, 2.75) is 0 Å². The molecule has 0 saturated heterocycles. The van der Waals surface area contributed by atoms with Gasteiger partial charge in [0.1, 0.15) is 18.0 Å². The average Bonchev–Trinajstić information content (AvgIpc) is 2.57. The fraction of sp³-hybridized carbons (Fsp3) is 0.294. The molecule has 0 N–H and O–H groups in total. The Morgan fingerprint density at radius 3 is 2.50 bits per heavy atom. The molecule has 0 atom stereocenters. The summed E-state index contributed by atoms with van der Waals surface area (Å²) >= 11 is 5.80. The number of rotatable bonds is 4. The molecule has 1 heterocycles. The number of hydrogen-bond acceptors (Lipinski definition) is 4. The number of anilines is 1. The molecule has 2 aromatic rings. The van der Waals surface area contributed by atoms with E-state index in [1.165, 1.54) is 17.8 Å². The Morgan fingerprint density at radius 2 is 1.83 bits per heavy atom. The Bertz CT molecular complexity index is 889. The lowest BCUT2D eigenvalue weighted by Gasteiger charge is -2.16. The first-order chi connectivity index (χ1) is 11.4. The number of aromatic nitrogens is 2. The van der Waals surface area contributed by atoms with Crippen molar-refractivity contribution in [3.05, 3.63) is 56.3 Å². The molecule has 0 saturated carbocycles. The number of hydrogen-bond donors (Lipinski definition) is 0. The van der Waals surface area contributed by atoms with Crippen LogP contribution in [0.4, 0.5) is 5.69 Å². The summed E-state index contributed by atoms with van der Waals surface area (Å²) in [5.74, 6) is 6.51. The second kappa shape index (κ2) is 7.75. The first-order valence-electron chi connectivity index (χ1n) is 7.22. The highest BCUT2D eigenvalue weighted by Crippen LogP contribution is 2.15. The van der Waals surface area contributed by atoms with Gasteiger partial charge in [0.2, 0.25) is 0 Å². The van der Waals surface area contributed by atoms with E-state index in [0.29, 0.717) is 23.0 Å². The zero-order valence-electron chi connectivity index (χ0n) is 13.7. The fourth-order valence-corrected chi connectivity index (χ4v) is 2.14. The number of nitrogens with zero attached hydrogens (tertiary/aromatic N) is 3. The Hall–Kier alpha value is -2.65. The molecule has 0 amide bonds. The summed E-state index contributed by atoms with van der Waals surface area (Å²) in [6.45, 7) is 0.582. The van der Waals surface area contributed by atoms with E-state index in [2.05, 4.69) is 11.8 Å². The standard InChI is InChI=1S/C17H18ClN3O3/c1-19(15-12-20(2)17(23)21(3)16(15)22)10-4-5-11-24-14-8-6-13(18)7-9-14/h6-9,12H,10-11H2,1-3H3. The van der Waals surface area contributed by atoms with Crippen molar-refractivity contribution in [1.82, 2.24) is 9.13 Å². The van der Waals surface area contributed by atoms with Gasteiger partial charge >= 0.3 is 5.69 Å². The van der Waals surface area contributed by atoms with Crippen LogP contribution in [0.1, 0.15) is 0 Å². The van der Waals surface area contributed by atoms with Crippen LogP contribution in [0.25, 0.3) is 0 Å². The van der Waals surface area contributed by atoms with Crippen LogP contribution in [0.2, 0.25) is 5.02 Å². The van der Waals surface area contributed by atoms with Gasteiger partial charge in [0, 0.05) is 32.4 Å². The third-order valence-corrected chi connectivity index (χ3v) is 3.66. The van der Waals surface area contributed by atoms with Gasteiger partial charge in [-0.25, -0.2) is 4.79 Å². The minimum absolute atomic E-state index is 0.237. The molecule has 0 spiro atoms. The Kier molecular flexibility index (Phi) is 5.72. The van der Waals surface area contributed by atoms with Crippen LogP contribution >= 0.6 is 11.6 Å². The van der Waals surface area contributed by atoms with Crippen LogP contribution in [-0.2, 0) is 14.1 Å². The molecule has 1 aromatic carbocycles. The molecule has 0 aliphatic carbocycles. The minimum Gasteiger partial charge on any atom is -0.481 e. The zero-order valence-corrected chi connectivity index (χ0v) is 14.5. The molecule has 0 aliphatic rings. The van der Waals surface area contributed by atoms with Crippen molar-refractivity contribution < 1.29 is 4.74 Å². The highest BCUT2D eigenvalue weighted by molar-refractivity contribution is 6.30. The van der Waals surface area contributed by atoms with Crippen molar-refractivity contribution in [3.63, 3.8) is 0 Å². The molecule has 0 fully saturated rings. The van der Waals surface area contributed by atoms with E-state index in [4.69, 9.17) is 16.3 Å². The smallest absolute Gasteiger partial charge is 0.330 e. The molecule has 0 aliphatic heterocycles. The molecule has 1 aromatic heterocycles. The first kappa shape index (κ1) is 17.7. The van der Waals surface area contributed by atoms with E-state index in [9.17, 15) is 9.59 Å². The normalized spacial score (nSPS) is 10.0. The van der Waals surface area contributed by atoms with E-state index in [1.54, 1.807) is 43.3 Å². The Labute approximate surface area is 144 Å². The van der Waals surface area contributed by atoms with Gasteiger partial charge in [-0.3, -0.25) is 9.36 Å². The van der Waals surface area contributed by atoms with E-state index in [-0.39, 0.29) is 17.9 Å². The lowest BCUT2D eigenvalue weighted by Crippen LogP contribution is -2.40. The second-order valence-electron chi connectivity index (χ2n) is 5.22. The molecule has 7 heteroatoms. The summed E-state index contributed by atoms with van der Waals surface area (Å²) in [4.78, 5) is 25.5. The third-order valence-electron chi connectivity index (χ3n) is 3.41. The summed E-state index contributed by atoms with van der Waals surface area (Å²) in [6, 6.07) is 7.02. The molecular weight excluding hydrogens is 330 g/mol. The largest absolute Gasteiger partial charge is 0.481 e. The van der Waals surface area contributed by atoms with Gasteiger partial charge in [-0.1, -0.05) is 23.4 Å². The van der Waals surface area contributed by atoms with Crippen molar-refractivity contribution in [2.75, 3.05) is 25.1 Å². The van der Waals surface area contributed by atoms with Crippen LogP contribution < -0.4 is 20.9 Å². The fourth-order valence-electron chi connectivity index (χ4n) is 2.01. The van der Waals surface area contributed by atoms with E-state index >= 15 is 0 Å². The monoisotopic (exact) mass is 347 g/mol. The molecule has 6 nitrogen and oxygen atoms in total. The van der Waals surface area contributed by atoms with E-state index in [1.807, 2.05) is 0 Å². The molecule has 0 bridgehead atoms. The van der Waals surface area contributed by atoms with Crippen molar-refractivity contribution in [1.29, 1.82) is 0 Å². The highest BCUT2D eigenvalue weighted by atomic mass is 35.5. The van der Waals surface area contributed by atoms with Gasteiger partial charge in [-0.05, 0) is 24.3 Å². The van der Waals surface area contributed by atoms with Crippen molar-refractivity contribution >= 4 is 17.3 Å². The minimum atomic E-state index is -0.361. The van der Waals surface area contributed by atoms with Crippen LogP contribution in [0, 0.1) is 11.8 Å². The lowest BCUT2D eigenvalue weighted by molar-refractivity contribution is 0.370. The average molecular weight is 348 g/mol. The summed E-state index contributed by atoms with van der Waals surface area (Å²) in [5.41, 5.74) is -0.299. The quantitative estimate of drug-likeness (QED) is 0.781. The molecule has 0 unspecified atom stereocenters. The number of ether oxygens (including phenoxy) is 1. The Morgan fingerprint density at radius 1 is 1.17 bits per heavy atom. The number of benzene rings is 1. The summed E-state index contributed by atoms with van der Waals surface area (Å²) in [6.07, 6.45) is 1.51. The lowest BCUT2D eigenvalue weighted by atomic mass is 10.3. The maximum Gasteiger partial charge on any atom is 0.330 e. The van der Waals surface area contributed by atoms with E-state index < -0.39 is 0 Å². The molecular formula is C17H18ClN3O3. The highest BCUT2D eigenvalue weighted by Gasteiger charge is 2.09. The van der Waals surface area contributed by atoms with Crippen LogP contribution in [-0.4, -0.2) is 29.3 Å². The molecule has 0 radical (unpaired) electrons. The summed E-state index contributed by atoms with van der Waals surface area (Å²) < 4.78 is 7.90. The van der Waals surface area contributed by atoms with Gasteiger partial charge in [0.15, 0.2) is 0 Å². The second-order valence-corrected chi connectivity index (χ2v) is 5.66. The first-order valence-corrected chi connectivity index (χ1v) is 7.60. The molecule has 24 heavy (non-hydrogen) atoms. The van der Waals surface area contributed by atoms with Crippen molar-refractivity contribution in [2.24, 2.45) is 14.1 Å². The van der Waals surface area contributed by atoms with Crippen LogP contribution in [0.5, 0.6) is 5.75 Å².